The molecule has 1 amide bonds. The third kappa shape index (κ3) is 5.31. The second-order valence-electron chi connectivity index (χ2n) is 8.00. The van der Waals surface area contributed by atoms with Crippen LogP contribution in [0.4, 0.5) is 0 Å². The van der Waals surface area contributed by atoms with Gasteiger partial charge in [-0.2, -0.15) is 0 Å². The van der Waals surface area contributed by atoms with Gasteiger partial charge in [-0.3, -0.25) is 9.36 Å². The van der Waals surface area contributed by atoms with E-state index in [0.717, 1.165) is 29.4 Å². The summed E-state index contributed by atoms with van der Waals surface area (Å²) in [5, 5.41) is 13.4. The molecule has 0 bridgehead atoms. The quantitative estimate of drug-likeness (QED) is 0.442. The molecule has 1 unspecified atom stereocenters. The first-order chi connectivity index (χ1) is 15.1. The van der Waals surface area contributed by atoms with Crippen LogP contribution in [0.25, 0.3) is 11.4 Å². The Morgan fingerprint density at radius 3 is 2.58 bits per heavy atom. The number of nitrogens with one attached hydrogen (secondary N) is 1. The van der Waals surface area contributed by atoms with Gasteiger partial charge in [0, 0.05) is 18.2 Å². The number of carbonyl (C=O) groups excluding carboxylic acids is 1. The van der Waals surface area contributed by atoms with Crippen molar-refractivity contribution in [1.29, 1.82) is 0 Å². The van der Waals surface area contributed by atoms with Gasteiger partial charge in [-0.05, 0) is 36.5 Å². The van der Waals surface area contributed by atoms with Crippen LogP contribution in [-0.4, -0.2) is 33.0 Å². The van der Waals surface area contributed by atoms with E-state index < -0.39 is 0 Å². The lowest BCUT2D eigenvalue weighted by Crippen LogP contribution is -2.29. The predicted octanol–water partition coefficient (Wildman–Crippen LogP) is 5.73. The van der Waals surface area contributed by atoms with Gasteiger partial charge in [0.2, 0.25) is 5.91 Å². The molecule has 1 saturated carbocycles. The Labute approximate surface area is 192 Å². The average Bonchev–Trinajstić information content (AvgIpc) is 3.46. The van der Waals surface area contributed by atoms with E-state index in [2.05, 4.69) is 39.1 Å². The number of nitrogens with zero attached hydrogens (tertiary/aromatic N) is 3. The first-order valence-electron chi connectivity index (χ1n) is 10.8. The summed E-state index contributed by atoms with van der Waals surface area (Å²) in [4.78, 5) is 12.5. The largest absolute Gasteiger partial charge is 0.355 e. The second kappa shape index (κ2) is 10.3. The van der Waals surface area contributed by atoms with Crippen molar-refractivity contribution < 1.29 is 4.79 Å². The maximum atomic E-state index is 12.5. The third-order valence-corrected chi connectivity index (χ3v) is 7.05. The standard InChI is InChI=1S/C24H27ClN4OS/c1-17(18-9-3-2-4-10-18)15-26-22(30)16-31-24-28-27-23(20-13-7-8-14-21(20)25)29(24)19-11-5-6-12-19/h2-4,7-10,13-14,17,19H,5-6,11-12,15-16H2,1H3,(H,26,30). The highest BCUT2D eigenvalue weighted by atomic mass is 35.5. The molecular formula is C24H27ClN4OS. The Morgan fingerprint density at radius 1 is 1.13 bits per heavy atom. The van der Waals surface area contributed by atoms with Crippen LogP contribution in [0.1, 0.15) is 50.1 Å². The summed E-state index contributed by atoms with van der Waals surface area (Å²) < 4.78 is 2.19. The Balaban J connectivity index is 1.43. The molecule has 0 aliphatic heterocycles. The fourth-order valence-corrected chi connectivity index (χ4v) is 5.10. The fraction of sp³-hybridized carbons (Fsp3) is 0.375. The number of aromatic nitrogens is 3. The molecule has 162 valence electrons. The van der Waals surface area contributed by atoms with Gasteiger partial charge in [0.1, 0.15) is 0 Å². The van der Waals surface area contributed by atoms with E-state index in [1.807, 2.05) is 42.5 Å². The summed E-state index contributed by atoms with van der Waals surface area (Å²) >= 11 is 7.89. The van der Waals surface area contributed by atoms with Crippen molar-refractivity contribution >= 4 is 29.3 Å². The summed E-state index contributed by atoms with van der Waals surface area (Å²) in [5.74, 6) is 1.38. The first kappa shape index (κ1) is 21.9. The van der Waals surface area contributed by atoms with Crippen molar-refractivity contribution in [1.82, 2.24) is 20.1 Å². The lowest BCUT2D eigenvalue weighted by Gasteiger charge is -2.17. The van der Waals surface area contributed by atoms with Gasteiger partial charge < -0.3 is 5.32 Å². The molecule has 0 spiro atoms. The summed E-state index contributed by atoms with van der Waals surface area (Å²) in [6.07, 6.45) is 4.60. The van der Waals surface area contributed by atoms with Crippen LogP contribution < -0.4 is 5.32 Å². The second-order valence-corrected chi connectivity index (χ2v) is 9.35. The maximum absolute atomic E-state index is 12.5. The number of benzene rings is 2. The van der Waals surface area contributed by atoms with Gasteiger partial charge in [0.25, 0.3) is 0 Å². The molecule has 1 aromatic heterocycles. The molecule has 1 heterocycles. The Morgan fingerprint density at radius 2 is 1.84 bits per heavy atom. The number of carbonyl (C=O) groups is 1. The third-order valence-electron chi connectivity index (χ3n) is 5.78. The molecule has 0 radical (unpaired) electrons. The zero-order valence-corrected chi connectivity index (χ0v) is 19.2. The topological polar surface area (TPSA) is 59.8 Å². The molecule has 31 heavy (non-hydrogen) atoms. The molecule has 5 nitrogen and oxygen atoms in total. The fourth-order valence-electron chi connectivity index (χ4n) is 4.04. The van der Waals surface area contributed by atoms with Gasteiger partial charge in [-0.1, -0.05) is 85.6 Å². The highest BCUT2D eigenvalue weighted by Crippen LogP contribution is 2.38. The Bertz CT molecular complexity index is 1020. The SMILES string of the molecule is CC(CNC(=O)CSc1nnc(-c2ccccc2Cl)n1C1CCCC1)c1ccccc1. The number of hydrogen-bond acceptors (Lipinski definition) is 4. The zero-order valence-electron chi connectivity index (χ0n) is 17.6. The van der Waals surface area contributed by atoms with E-state index in [9.17, 15) is 4.79 Å². The van der Waals surface area contributed by atoms with Crippen LogP contribution in [0, 0.1) is 0 Å². The van der Waals surface area contributed by atoms with Crippen LogP contribution >= 0.6 is 23.4 Å². The zero-order chi connectivity index (χ0) is 21.6. The molecular weight excluding hydrogens is 428 g/mol. The van der Waals surface area contributed by atoms with E-state index in [1.54, 1.807) is 0 Å². The number of rotatable bonds is 8. The molecule has 4 rings (SSSR count). The van der Waals surface area contributed by atoms with E-state index >= 15 is 0 Å². The summed E-state index contributed by atoms with van der Waals surface area (Å²) in [7, 11) is 0. The van der Waals surface area contributed by atoms with Crippen molar-refractivity contribution in [3.8, 4) is 11.4 Å². The van der Waals surface area contributed by atoms with Crippen molar-refractivity contribution in [2.45, 2.75) is 49.7 Å². The first-order valence-corrected chi connectivity index (χ1v) is 12.1. The highest BCUT2D eigenvalue weighted by Gasteiger charge is 2.26. The Hall–Kier alpha value is -2.31. The average molecular weight is 455 g/mol. The molecule has 1 N–H and O–H groups in total. The van der Waals surface area contributed by atoms with Crippen molar-refractivity contribution in [3.05, 3.63) is 65.2 Å². The molecule has 3 aromatic rings. The lowest BCUT2D eigenvalue weighted by atomic mass is 10.0. The molecule has 2 aromatic carbocycles. The van der Waals surface area contributed by atoms with Gasteiger partial charge >= 0.3 is 0 Å². The van der Waals surface area contributed by atoms with Gasteiger partial charge in [-0.15, -0.1) is 10.2 Å². The molecule has 1 atom stereocenters. The minimum Gasteiger partial charge on any atom is -0.355 e. The van der Waals surface area contributed by atoms with Gasteiger partial charge in [0.15, 0.2) is 11.0 Å². The van der Waals surface area contributed by atoms with Crippen LogP contribution in [0.3, 0.4) is 0 Å². The lowest BCUT2D eigenvalue weighted by molar-refractivity contribution is -0.118. The smallest absolute Gasteiger partial charge is 0.230 e. The molecule has 1 fully saturated rings. The normalized spacial score (nSPS) is 15.2. The number of hydrogen-bond donors (Lipinski definition) is 1. The van der Waals surface area contributed by atoms with Crippen LogP contribution in [0.15, 0.2) is 59.8 Å². The summed E-state index contributed by atoms with van der Waals surface area (Å²) in [5.41, 5.74) is 2.11. The predicted molar refractivity (Wildman–Crippen MR) is 127 cm³/mol. The van der Waals surface area contributed by atoms with Crippen LogP contribution in [-0.2, 0) is 4.79 Å². The Kier molecular flexibility index (Phi) is 7.30. The molecule has 1 aliphatic rings. The van der Waals surface area contributed by atoms with E-state index in [0.29, 0.717) is 23.4 Å². The molecule has 0 saturated heterocycles. The highest BCUT2D eigenvalue weighted by molar-refractivity contribution is 7.99. The summed E-state index contributed by atoms with van der Waals surface area (Å²) in [6.45, 7) is 2.74. The molecule has 1 aliphatic carbocycles. The minimum atomic E-state index is 0.00745. The number of amides is 1. The van der Waals surface area contributed by atoms with Crippen LogP contribution in [0.5, 0.6) is 0 Å². The summed E-state index contributed by atoms with van der Waals surface area (Å²) in [6, 6.07) is 18.3. The minimum absolute atomic E-state index is 0.00745. The number of halogens is 1. The monoisotopic (exact) mass is 454 g/mol. The van der Waals surface area contributed by atoms with Gasteiger partial charge in [-0.25, -0.2) is 0 Å². The maximum Gasteiger partial charge on any atom is 0.230 e. The number of thioether (sulfide) groups is 1. The van der Waals surface area contributed by atoms with Crippen molar-refractivity contribution in [2.75, 3.05) is 12.3 Å². The van der Waals surface area contributed by atoms with E-state index in [1.165, 1.54) is 30.2 Å². The van der Waals surface area contributed by atoms with Crippen LogP contribution in [0.2, 0.25) is 5.02 Å². The van der Waals surface area contributed by atoms with Crippen molar-refractivity contribution in [2.24, 2.45) is 0 Å². The van der Waals surface area contributed by atoms with Crippen molar-refractivity contribution in [3.63, 3.8) is 0 Å². The van der Waals surface area contributed by atoms with E-state index in [4.69, 9.17) is 11.6 Å². The molecule has 7 heteroatoms. The van der Waals surface area contributed by atoms with E-state index in [-0.39, 0.29) is 11.8 Å². The van der Waals surface area contributed by atoms with Gasteiger partial charge in [0.05, 0.1) is 10.8 Å².